The molecule has 35 heavy (non-hydrogen) atoms. The van der Waals surface area contributed by atoms with Crippen LogP contribution in [0.3, 0.4) is 0 Å². The monoisotopic (exact) mass is 516 g/mol. The number of rotatable bonds is 10. The lowest BCUT2D eigenvalue weighted by atomic mass is 9.84. The molecule has 194 valence electrons. The van der Waals surface area contributed by atoms with Gasteiger partial charge in [0.1, 0.15) is 5.76 Å². The Kier molecular flexibility index (Phi) is 8.53. The number of carbonyl (C=O) groups excluding carboxylic acids is 1. The molecule has 4 rings (SSSR count). The predicted molar refractivity (Wildman–Crippen MR) is 123 cm³/mol. The van der Waals surface area contributed by atoms with Gasteiger partial charge in [0.2, 0.25) is 5.91 Å². The fourth-order valence-corrected chi connectivity index (χ4v) is 5.54. The van der Waals surface area contributed by atoms with Crippen molar-refractivity contribution in [2.45, 2.75) is 70.1 Å². The van der Waals surface area contributed by atoms with Crippen LogP contribution >= 0.6 is 11.3 Å². The van der Waals surface area contributed by atoms with Crippen molar-refractivity contribution in [3.63, 3.8) is 0 Å². The number of ether oxygens (including phenoxy) is 2. The number of hydrogen-bond donors (Lipinski definition) is 1. The van der Waals surface area contributed by atoms with Gasteiger partial charge in [0.05, 0.1) is 12.8 Å². The normalized spacial score (nSPS) is 20.9. The zero-order valence-electron chi connectivity index (χ0n) is 19.7. The lowest BCUT2D eigenvalue weighted by Crippen LogP contribution is -2.38. The van der Waals surface area contributed by atoms with Gasteiger partial charge in [0.15, 0.2) is 6.61 Å². The zero-order chi connectivity index (χ0) is 24.8. The molecule has 8 nitrogen and oxygen atoms in total. The molecule has 0 bridgehead atoms. The van der Waals surface area contributed by atoms with Crippen LogP contribution in [-0.4, -0.2) is 60.0 Å². The van der Waals surface area contributed by atoms with E-state index in [4.69, 9.17) is 14.0 Å². The van der Waals surface area contributed by atoms with Crippen molar-refractivity contribution < 1.29 is 32.0 Å². The summed E-state index contributed by atoms with van der Waals surface area (Å²) in [6.07, 6.45) is 2.47. The molecule has 3 heterocycles. The highest BCUT2D eigenvalue weighted by Gasteiger charge is 2.30. The van der Waals surface area contributed by atoms with E-state index < -0.39 is 12.8 Å². The van der Waals surface area contributed by atoms with Gasteiger partial charge < -0.3 is 19.3 Å². The van der Waals surface area contributed by atoms with E-state index in [1.807, 2.05) is 0 Å². The number of amides is 1. The maximum Gasteiger partial charge on any atom is 0.422 e. The second-order valence-corrected chi connectivity index (χ2v) is 10.2. The SMILES string of the molecule is COc1cc(CCC(=O)N[C@H]2CC[C@H](CCN3CCc4sc(OCC(F)(F)F)nc4C3)CC2)on1. The molecule has 2 aromatic heterocycles. The van der Waals surface area contributed by atoms with Crippen molar-refractivity contribution in [1.29, 1.82) is 0 Å². The van der Waals surface area contributed by atoms with Gasteiger partial charge in [-0.05, 0) is 56.1 Å². The van der Waals surface area contributed by atoms with Crippen LogP contribution in [0, 0.1) is 5.92 Å². The summed E-state index contributed by atoms with van der Waals surface area (Å²) < 4.78 is 52.0. The van der Waals surface area contributed by atoms with E-state index in [0.717, 1.165) is 62.2 Å². The van der Waals surface area contributed by atoms with Crippen molar-refractivity contribution in [3.8, 4) is 11.1 Å². The lowest BCUT2D eigenvalue weighted by molar-refractivity contribution is -0.153. The van der Waals surface area contributed by atoms with Crippen LogP contribution in [0.2, 0.25) is 0 Å². The first-order chi connectivity index (χ1) is 16.8. The molecule has 12 heteroatoms. The second kappa shape index (κ2) is 11.6. The Morgan fingerprint density at radius 1 is 1.31 bits per heavy atom. The van der Waals surface area contributed by atoms with Gasteiger partial charge in [-0.15, -0.1) is 0 Å². The summed E-state index contributed by atoms with van der Waals surface area (Å²) in [5, 5.41) is 6.98. The minimum absolute atomic E-state index is 0.0229. The van der Waals surface area contributed by atoms with Gasteiger partial charge >= 0.3 is 6.18 Å². The number of nitrogens with zero attached hydrogens (tertiary/aromatic N) is 3. The molecule has 1 amide bonds. The molecule has 2 aromatic rings. The van der Waals surface area contributed by atoms with Crippen LogP contribution < -0.4 is 14.8 Å². The van der Waals surface area contributed by atoms with E-state index >= 15 is 0 Å². The minimum atomic E-state index is -4.35. The first kappa shape index (κ1) is 25.7. The fraction of sp³-hybridized carbons (Fsp3) is 0.696. The summed E-state index contributed by atoms with van der Waals surface area (Å²) >= 11 is 1.22. The van der Waals surface area contributed by atoms with E-state index in [2.05, 4.69) is 20.4 Å². The summed E-state index contributed by atoms with van der Waals surface area (Å²) in [5.74, 6) is 1.69. The topological polar surface area (TPSA) is 89.7 Å². The molecule has 1 saturated carbocycles. The average Bonchev–Trinajstić information content (AvgIpc) is 3.46. The number of aryl methyl sites for hydroxylation is 1. The number of carbonyl (C=O) groups is 1. The Balaban J connectivity index is 1.12. The van der Waals surface area contributed by atoms with E-state index in [0.29, 0.717) is 36.9 Å². The highest BCUT2D eigenvalue weighted by molar-refractivity contribution is 7.13. The van der Waals surface area contributed by atoms with Gasteiger partial charge in [0.25, 0.3) is 11.1 Å². The molecule has 0 saturated heterocycles. The smallest absolute Gasteiger partial charge is 0.422 e. The number of fused-ring (bicyclic) bond motifs is 1. The van der Waals surface area contributed by atoms with Gasteiger partial charge in [0, 0.05) is 42.9 Å². The quantitative estimate of drug-likeness (QED) is 0.508. The van der Waals surface area contributed by atoms with Gasteiger partial charge in [-0.2, -0.15) is 13.2 Å². The Morgan fingerprint density at radius 3 is 2.83 bits per heavy atom. The highest BCUT2D eigenvalue weighted by Crippen LogP contribution is 2.32. The third-order valence-corrected chi connectivity index (χ3v) is 7.63. The number of hydrogen-bond acceptors (Lipinski definition) is 8. The number of thiazole rings is 1. The number of methoxy groups -OCH3 is 1. The third-order valence-electron chi connectivity index (χ3n) is 6.56. The predicted octanol–water partition coefficient (Wildman–Crippen LogP) is 4.14. The van der Waals surface area contributed by atoms with Crippen LogP contribution in [0.1, 0.15) is 54.9 Å². The van der Waals surface area contributed by atoms with Crippen LogP contribution in [-0.2, 0) is 24.2 Å². The Morgan fingerprint density at radius 2 is 2.11 bits per heavy atom. The maximum absolute atomic E-state index is 12.4. The molecular weight excluding hydrogens is 485 g/mol. The molecule has 0 atom stereocenters. The summed E-state index contributed by atoms with van der Waals surface area (Å²) in [6.45, 7) is 1.18. The molecule has 0 unspecified atom stereocenters. The van der Waals surface area contributed by atoms with Crippen molar-refractivity contribution in [2.75, 3.05) is 26.8 Å². The van der Waals surface area contributed by atoms with E-state index in [9.17, 15) is 18.0 Å². The number of alkyl halides is 3. The molecule has 1 N–H and O–H groups in total. The van der Waals surface area contributed by atoms with Crippen LogP contribution in [0.15, 0.2) is 10.6 Å². The standard InChI is InChI=1S/C23H31F3N4O4S/c1-32-21-12-17(34-29-21)6-7-20(31)27-16-4-2-15(3-5-16)8-10-30-11-9-19-18(13-30)28-22(35-19)33-14-23(24,25)26/h12,15-16H,2-11,13-14H2,1H3,(H,27,31)/t15-,16-. The van der Waals surface area contributed by atoms with Gasteiger partial charge in [-0.1, -0.05) is 11.3 Å². The Labute approximate surface area is 206 Å². The summed E-state index contributed by atoms with van der Waals surface area (Å²) in [4.78, 5) is 19.9. The van der Waals surface area contributed by atoms with Crippen molar-refractivity contribution in [3.05, 3.63) is 22.4 Å². The minimum Gasteiger partial charge on any atom is -0.479 e. The van der Waals surface area contributed by atoms with Crippen LogP contribution in [0.5, 0.6) is 11.1 Å². The van der Waals surface area contributed by atoms with E-state index in [-0.39, 0.29) is 17.1 Å². The molecule has 0 radical (unpaired) electrons. The number of nitrogens with one attached hydrogen (secondary N) is 1. The first-order valence-electron chi connectivity index (χ1n) is 12.0. The van der Waals surface area contributed by atoms with Crippen LogP contribution in [0.4, 0.5) is 13.2 Å². The maximum atomic E-state index is 12.4. The van der Waals surface area contributed by atoms with Gasteiger partial charge in [-0.3, -0.25) is 9.69 Å². The second-order valence-electron chi connectivity index (χ2n) is 9.19. The number of aromatic nitrogens is 2. The molecule has 1 fully saturated rings. The summed E-state index contributed by atoms with van der Waals surface area (Å²) in [6, 6.07) is 1.90. The van der Waals surface area contributed by atoms with Gasteiger partial charge in [-0.25, -0.2) is 4.98 Å². The Hall–Kier alpha value is -2.34. The largest absolute Gasteiger partial charge is 0.479 e. The van der Waals surface area contributed by atoms with Crippen molar-refractivity contribution in [1.82, 2.24) is 20.4 Å². The molecule has 1 aliphatic carbocycles. The van der Waals surface area contributed by atoms with E-state index in [1.165, 1.54) is 18.4 Å². The first-order valence-corrected chi connectivity index (χ1v) is 12.8. The molecule has 0 aromatic carbocycles. The molecule has 2 aliphatic rings. The van der Waals surface area contributed by atoms with Crippen molar-refractivity contribution in [2.24, 2.45) is 5.92 Å². The van der Waals surface area contributed by atoms with Crippen LogP contribution in [0.25, 0.3) is 0 Å². The molecule has 1 aliphatic heterocycles. The Bertz CT molecular complexity index is 972. The highest BCUT2D eigenvalue weighted by atomic mass is 32.1. The summed E-state index contributed by atoms with van der Waals surface area (Å²) in [7, 11) is 1.52. The molecule has 0 spiro atoms. The van der Waals surface area contributed by atoms with Crippen molar-refractivity contribution >= 4 is 17.2 Å². The number of halogens is 3. The lowest BCUT2D eigenvalue weighted by Gasteiger charge is -2.32. The molecular formula is C23H31F3N4O4S. The average molecular weight is 517 g/mol. The fourth-order valence-electron chi connectivity index (χ4n) is 4.63. The zero-order valence-corrected chi connectivity index (χ0v) is 20.6. The van der Waals surface area contributed by atoms with E-state index in [1.54, 1.807) is 6.07 Å². The third kappa shape index (κ3) is 7.83. The summed E-state index contributed by atoms with van der Waals surface area (Å²) in [5.41, 5.74) is 0.841.